The van der Waals surface area contributed by atoms with E-state index in [0.717, 1.165) is 52.1 Å². The topological polar surface area (TPSA) is 55.9 Å². The number of benzene rings is 1. The average Bonchev–Trinajstić information content (AvgIpc) is 2.99. The predicted molar refractivity (Wildman–Crippen MR) is 113 cm³/mol. The van der Waals surface area contributed by atoms with Crippen molar-refractivity contribution in [3.63, 3.8) is 0 Å². The van der Waals surface area contributed by atoms with E-state index in [9.17, 15) is 9.59 Å². The van der Waals surface area contributed by atoms with Gasteiger partial charge in [0, 0.05) is 39.3 Å². The number of halogens is 1. The van der Waals surface area contributed by atoms with Gasteiger partial charge in [0.2, 0.25) is 11.8 Å². The second-order valence-corrected chi connectivity index (χ2v) is 8.16. The average molecular weight is 407 g/mol. The zero-order chi connectivity index (χ0) is 19.9. The number of carbonyl (C=O) groups excluding carboxylic acids is 2. The summed E-state index contributed by atoms with van der Waals surface area (Å²) in [6.45, 7) is 7.33. The Morgan fingerprint density at radius 2 is 1.64 bits per heavy atom. The first-order chi connectivity index (χ1) is 13.5. The molecule has 1 atom stereocenters. The molecular formula is C21H31ClN4O2. The number of nitrogens with one attached hydrogen (secondary N) is 1. The number of anilines is 1. The van der Waals surface area contributed by atoms with Gasteiger partial charge in [0.05, 0.1) is 23.3 Å². The lowest BCUT2D eigenvalue weighted by atomic mass is 10.2. The maximum atomic E-state index is 12.8. The summed E-state index contributed by atoms with van der Waals surface area (Å²) in [7, 11) is 0. The van der Waals surface area contributed by atoms with Crippen LogP contribution in [0.1, 0.15) is 32.6 Å². The monoisotopic (exact) mass is 406 g/mol. The molecule has 1 aromatic rings. The summed E-state index contributed by atoms with van der Waals surface area (Å²) in [6.07, 6.45) is 4.69. The molecule has 0 aromatic heterocycles. The van der Waals surface area contributed by atoms with Gasteiger partial charge in [-0.3, -0.25) is 19.4 Å². The maximum Gasteiger partial charge on any atom is 0.239 e. The molecule has 1 aromatic carbocycles. The van der Waals surface area contributed by atoms with Crippen LogP contribution in [0.4, 0.5) is 5.69 Å². The normalized spacial score (nSPS) is 20.4. The van der Waals surface area contributed by atoms with Crippen molar-refractivity contribution >= 4 is 29.1 Å². The van der Waals surface area contributed by atoms with Crippen molar-refractivity contribution in [2.75, 3.05) is 51.1 Å². The quantitative estimate of drug-likeness (QED) is 0.816. The van der Waals surface area contributed by atoms with Crippen LogP contribution in [-0.4, -0.2) is 78.4 Å². The molecule has 0 aliphatic carbocycles. The molecule has 3 rings (SSSR count). The van der Waals surface area contributed by atoms with Gasteiger partial charge >= 0.3 is 0 Å². The lowest BCUT2D eigenvalue weighted by Gasteiger charge is -2.38. The first kappa shape index (κ1) is 21.1. The Balaban J connectivity index is 1.44. The van der Waals surface area contributed by atoms with E-state index in [1.54, 1.807) is 12.1 Å². The van der Waals surface area contributed by atoms with E-state index >= 15 is 0 Å². The number of likely N-dealkylation sites (tertiary alicyclic amines) is 1. The summed E-state index contributed by atoms with van der Waals surface area (Å²) >= 11 is 6.10. The number of hydrogen-bond acceptors (Lipinski definition) is 4. The van der Waals surface area contributed by atoms with Gasteiger partial charge in [-0.2, -0.15) is 0 Å². The van der Waals surface area contributed by atoms with Crippen LogP contribution in [0.2, 0.25) is 5.02 Å². The van der Waals surface area contributed by atoms with Crippen LogP contribution < -0.4 is 5.32 Å². The third-order valence-corrected chi connectivity index (χ3v) is 6.07. The van der Waals surface area contributed by atoms with Crippen LogP contribution in [0.25, 0.3) is 0 Å². The zero-order valence-electron chi connectivity index (χ0n) is 16.7. The fourth-order valence-electron chi connectivity index (χ4n) is 3.98. The standard InChI is InChI=1S/C21H31ClN4O2/c1-17(21(28)26-10-6-2-3-7-11-26)25-14-12-24(13-15-25)16-20(27)23-19-9-5-4-8-18(19)22/h4-5,8-9,17H,2-3,6-7,10-16H2,1H3,(H,23,27). The molecule has 2 saturated heterocycles. The highest BCUT2D eigenvalue weighted by molar-refractivity contribution is 6.33. The van der Waals surface area contributed by atoms with E-state index in [2.05, 4.69) is 15.1 Å². The van der Waals surface area contributed by atoms with Gasteiger partial charge < -0.3 is 10.2 Å². The molecule has 0 radical (unpaired) electrons. The van der Waals surface area contributed by atoms with Gasteiger partial charge in [0.25, 0.3) is 0 Å². The van der Waals surface area contributed by atoms with E-state index < -0.39 is 0 Å². The zero-order valence-corrected chi connectivity index (χ0v) is 17.5. The van der Waals surface area contributed by atoms with Gasteiger partial charge in [0.15, 0.2) is 0 Å². The highest BCUT2D eigenvalue weighted by Gasteiger charge is 2.29. The third-order valence-electron chi connectivity index (χ3n) is 5.74. The number of hydrogen-bond donors (Lipinski definition) is 1. The minimum atomic E-state index is -0.0859. The number of carbonyl (C=O) groups is 2. The molecule has 2 aliphatic rings. The van der Waals surface area contributed by atoms with E-state index in [0.29, 0.717) is 17.3 Å². The van der Waals surface area contributed by atoms with E-state index in [1.165, 1.54) is 12.8 Å². The van der Waals surface area contributed by atoms with Gasteiger partial charge in [0.1, 0.15) is 0 Å². The lowest BCUT2D eigenvalue weighted by molar-refractivity contribution is -0.137. The number of piperazine rings is 1. The van der Waals surface area contributed by atoms with Gasteiger partial charge in [-0.15, -0.1) is 0 Å². The van der Waals surface area contributed by atoms with Crippen molar-refractivity contribution in [3.8, 4) is 0 Å². The molecule has 2 fully saturated rings. The summed E-state index contributed by atoms with van der Waals surface area (Å²) < 4.78 is 0. The number of nitrogens with zero attached hydrogens (tertiary/aromatic N) is 3. The number of amides is 2. The smallest absolute Gasteiger partial charge is 0.239 e. The molecule has 0 bridgehead atoms. The van der Waals surface area contributed by atoms with Crippen LogP contribution in [0.5, 0.6) is 0 Å². The second-order valence-electron chi connectivity index (χ2n) is 7.76. The van der Waals surface area contributed by atoms with E-state index in [1.807, 2.05) is 24.0 Å². The summed E-state index contributed by atoms with van der Waals surface area (Å²) in [6, 6.07) is 7.17. The van der Waals surface area contributed by atoms with Gasteiger partial charge in [-0.05, 0) is 31.9 Å². The second kappa shape index (κ2) is 10.2. The molecule has 1 N–H and O–H groups in total. The van der Waals surface area contributed by atoms with Crippen molar-refractivity contribution < 1.29 is 9.59 Å². The highest BCUT2D eigenvalue weighted by Crippen LogP contribution is 2.20. The molecule has 6 nitrogen and oxygen atoms in total. The number of para-hydroxylation sites is 1. The summed E-state index contributed by atoms with van der Waals surface area (Å²) in [5.74, 6) is 0.196. The summed E-state index contributed by atoms with van der Waals surface area (Å²) in [5.41, 5.74) is 0.643. The maximum absolute atomic E-state index is 12.8. The molecule has 2 aliphatic heterocycles. The minimum absolute atomic E-state index is 0.0600. The van der Waals surface area contributed by atoms with Crippen LogP contribution >= 0.6 is 11.6 Å². The SMILES string of the molecule is CC(C(=O)N1CCCCCC1)N1CCN(CC(=O)Nc2ccccc2Cl)CC1. The predicted octanol–water partition coefficient (Wildman–Crippen LogP) is 2.69. The molecule has 0 spiro atoms. The Morgan fingerprint density at radius 1 is 1.00 bits per heavy atom. The third kappa shape index (κ3) is 5.69. The summed E-state index contributed by atoms with van der Waals surface area (Å²) in [5, 5.41) is 3.41. The first-order valence-corrected chi connectivity index (χ1v) is 10.7. The van der Waals surface area contributed by atoms with Gasteiger partial charge in [-0.1, -0.05) is 36.6 Å². The summed E-state index contributed by atoms with van der Waals surface area (Å²) in [4.78, 5) is 31.6. The van der Waals surface area contributed by atoms with Crippen molar-refractivity contribution in [1.82, 2.24) is 14.7 Å². The fraction of sp³-hybridized carbons (Fsp3) is 0.619. The molecule has 2 heterocycles. The molecule has 28 heavy (non-hydrogen) atoms. The fourth-order valence-corrected chi connectivity index (χ4v) is 4.16. The molecule has 2 amide bonds. The van der Waals surface area contributed by atoms with Crippen LogP contribution in [0.15, 0.2) is 24.3 Å². The van der Waals surface area contributed by atoms with E-state index in [-0.39, 0.29) is 17.9 Å². The minimum Gasteiger partial charge on any atom is -0.341 e. The van der Waals surface area contributed by atoms with Crippen molar-refractivity contribution in [1.29, 1.82) is 0 Å². The Morgan fingerprint density at radius 3 is 2.29 bits per heavy atom. The van der Waals surface area contributed by atoms with Crippen LogP contribution in [-0.2, 0) is 9.59 Å². The molecular weight excluding hydrogens is 376 g/mol. The Hall–Kier alpha value is -1.63. The highest BCUT2D eigenvalue weighted by atomic mass is 35.5. The van der Waals surface area contributed by atoms with E-state index in [4.69, 9.17) is 11.6 Å². The Kier molecular flexibility index (Phi) is 7.71. The Bertz CT molecular complexity index is 668. The molecule has 7 heteroatoms. The molecule has 0 saturated carbocycles. The first-order valence-electron chi connectivity index (χ1n) is 10.3. The van der Waals surface area contributed by atoms with Crippen molar-refractivity contribution in [3.05, 3.63) is 29.3 Å². The van der Waals surface area contributed by atoms with Crippen LogP contribution in [0, 0.1) is 0 Å². The van der Waals surface area contributed by atoms with Crippen molar-refractivity contribution in [2.45, 2.75) is 38.6 Å². The largest absolute Gasteiger partial charge is 0.341 e. The van der Waals surface area contributed by atoms with Crippen LogP contribution in [0.3, 0.4) is 0 Å². The molecule has 1 unspecified atom stereocenters. The number of rotatable bonds is 5. The lowest BCUT2D eigenvalue weighted by Crippen LogP contribution is -2.55. The van der Waals surface area contributed by atoms with Crippen molar-refractivity contribution in [2.24, 2.45) is 0 Å². The van der Waals surface area contributed by atoms with Gasteiger partial charge in [-0.25, -0.2) is 0 Å². The molecule has 154 valence electrons. The Labute approximate surface area is 172 Å².